The molecule has 0 spiro atoms. The predicted octanol–water partition coefficient (Wildman–Crippen LogP) is 2.73. The van der Waals surface area contributed by atoms with Crippen molar-refractivity contribution in [3.63, 3.8) is 0 Å². The highest BCUT2D eigenvalue weighted by atomic mass is 35.5. The Kier molecular flexibility index (Phi) is 4.99. The summed E-state index contributed by atoms with van der Waals surface area (Å²) < 4.78 is 22.0. The van der Waals surface area contributed by atoms with Crippen molar-refractivity contribution in [1.82, 2.24) is 14.1 Å². The van der Waals surface area contributed by atoms with Gasteiger partial charge in [-0.1, -0.05) is 11.6 Å². The zero-order valence-electron chi connectivity index (χ0n) is 15.6. The zero-order valence-corrected chi connectivity index (χ0v) is 16.3. The van der Waals surface area contributed by atoms with Gasteiger partial charge in [0.2, 0.25) is 0 Å². The first-order valence-electron chi connectivity index (χ1n) is 8.27. The molecule has 28 heavy (non-hydrogen) atoms. The van der Waals surface area contributed by atoms with Crippen molar-refractivity contribution in [2.45, 2.75) is 20.8 Å². The van der Waals surface area contributed by atoms with Crippen LogP contribution in [0.5, 0.6) is 11.5 Å². The number of benzene rings is 1. The predicted molar refractivity (Wildman–Crippen MR) is 104 cm³/mol. The third-order valence-electron chi connectivity index (χ3n) is 4.32. The van der Waals surface area contributed by atoms with E-state index in [-0.39, 0.29) is 22.2 Å². The fourth-order valence-electron chi connectivity index (χ4n) is 2.80. The molecule has 1 aromatic carbocycles. The first-order chi connectivity index (χ1) is 13.1. The van der Waals surface area contributed by atoms with E-state index < -0.39 is 22.6 Å². The number of pyridine rings is 1. The molecule has 0 radical (unpaired) electrons. The number of aromatic nitrogens is 3. The first kappa shape index (κ1) is 19.6. The number of rotatable bonds is 3. The molecule has 3 aromatic rings. The number of aryl methyl sites for hydroxylation is 3. The van der Waals surface area contributed by atoms with Gasteiger partial charge in [0.15, 0.2) is 5.75 Å². The Morgan fingerprint density at radius 2 is 1.75 bits per heavy atom. The third kappa shape index (κ3) is 3.38. The van der Waals surface area contributed by atoms with Crippen molar-refractivity contribution in [2.75, 3.05) is 0 Å². The Bertz CT molecular complexity index is 1270. The minimum Gasteiger partial charge on any atom is -0.450 e. The molecule has 7 nitrogen and oxygen atoms in total. The SMILES string of the molecule is Cc1cc(C)c(Oc2cc(-n3c(=O)cc(C)n(C)c3=O)c(F)cc2Cl)c(=O)[nH]1. The minimum atomic E-state index is -0.880. The van der Waals surface area contributed by atoms with E-state index in [0.29, 0.717) is 21.5 Å². The molecule has 2 aromatic heterocycles. The average Bonchev–Trinajstić information content (AvgIpc) is 2.59. The van der Waals surface area contributed by atoms with Crippen molar-refractivity contribution in [2.24, 2.45) is 7.05 Å². The van der Waals surface area contributed by atoms with Gasteiger partial charge in [-0.15, -0.1) is 0 Å². The van der Waals surface area contributed by atoms with Crippen molar-refractivity contribution in [3.8, 4) is 17.2 Å². The van der Waals surface area contributed by atoms with E-state index in [4.69, 9.17) is 16.3 Å². The summed E-state index contributed by atoms with van der Waals surface area (Å²) >= 11 is 6.06. The Morgan fingerprint density at radius 3 is 2.39 bits per heavy atom. The second-order valence-electron chi connectivity index (χ2n) is 6.43. The van der Waals surface area contributed by atoms with Crippen LogP contribution < -0.4 is 21.5 Å². The Labute approximate surface area is 163 Å². The fourth-order valence-corrected chi connectivity index (χ4v) is 2.99. The maximum absolute atomic E-state index is 14.5. The van der Waals surface area contributed by atoms with Gasteiger partial charge in [0, 0.05) is 30.6 Å². The molecule has 0 aliphatic carbocycles. The topological polar surface area (TPSA) is 86.1 Å². The highest BCUT2D eigenvalue weighted by Gasteiger charge is 2.18. The van der Waals surface area contributed by atoms with Crippen LogP contribution in [0.2, 0.25) is 5.02 Å². The third-order valence-corrected chi connectivity index (χ3v) is 4.62. The molecular weight excluding hydrogens is 389 g/mol. The normalized spacial score (nSPS) is 10.9. The maximum atomic E-state index is 14.5. The van der Waals surface area contributed by atoms with Gasteiger partial charge < -0.3 is 14.3 Å². The molecule has 1 N–H and O–H groups in total. The van der Waals surface area contributed by atoms with E-state index >= 15 is 0 Å². The summed E-state index contributed by atoms with van der Waals surface area (Å²) in [4.78, 5) is 39.6. The number of nitrogens with zero attached hydrogens (tertiary/aromatic N) is 2. The van der Waals surface area contributed by atoms with Gasteiger partial charge in [-0.25, -0.2) is 13.8 Å². The van der Waals surface area contributed by atoms with Gasteiger partial charge in [-0.2, -0.15) is 0 Å². The van der Waals surface area contributed by atoms with Crippen molar-refractivity contribution in [1.29, 1.82) is 0 Å². The van der Waals surface area contributed by atoms with Crippen molar-refractivity contribution < 1.29 is 9.13 Å². The molecule has 0 saturated heterocycles. The second kappa shape index (κ2) is 7.12. The standard InChI is InChI=1S/C19H17ClFN3O4/c1-9-5-10(2)22-18(26)17(9)28-15-8-14(13(21)7-12(15)20)24-16(25)6-11(3)23(4)19(24)27/h5-8H,1-4H3,(H,22,26). The zero-order chi connectivity index (χ0) is 20.7. The number of halogens is 2. The highest BCUT2D eigenvalue weighted by molar-refractivity contribution is 6.32. The molecule has 0 aliphatic rings. The smallest absolute Gasteiger partial charge is 0.335 e. The Morgan fingerprint density at radius 1 is 1.07 bits per heavy atom. The van der Waals surface area contributed by atoms with Crippen LogP contribution in [0.1, 0.15) is 17.0 Å². The highest BCUT2D eigenvalue weighted by Crippen LogP contribution is 2.32. The van der Waals surface area contributed by atoms with Crippen molar-refractivity contribution >= 4 is 11.6 Å². The summed E-state index contributed by atoms with van der Waals surface area (Å²) in [5.74, 6) is -0.964. The number of hydrogen-bond acceptors (Lipinski definition) is 4. The lowest BCUT2D eigenvalue weighted by Gasteiger charge is -2.14. The van der Waals surface area contributed by atoms with Gasteiger partial charge in [-0.3, -0.25) is 9.59 Å². The van der Waals surface area contributed by atoms with E-state index in [1.165, 1.54) is 17.7 Å². The molecule has 0 bridgehead atoms. The molecule has 146 valence electrons. The van der Waals surface area contributed by atoms with E-state index in [1.54, 1.807) is 26.8 Å². The van der Waals surface area contributed by atoms with Crippen molar-refractivity contribution in [3.05, 3.63) is 83.2 Å². The van der Waals surface area contributed by atoms with E-state index in [2.05, 4.69) is 4.98 Å². The van der Waals surface area contributed by atoms with Crippen LogP contribution in [0, 0.1) is 26.6 Å². The van der Waals surface area contributed by atoms with Crippen LogP contribution in [0.4, 0.5) is 4.39 Å². The monoisotopic (exact) mass is 405 g/mol. The van der Waals surface area contributed by atoms with E-state index in [0.717, 1.165) is 12.1 Å². The van der Waals surface area contributed by atoms with Crippen LogP contribution in [-0.2, 0) is 7.05 Å². The number of H-pyrrole nitrogens is 1. The van der Waals surface area contributed by atoms with E-state index in [9.17, 15) is 18.8 Å². The average molecular weight is 406 g/mol. The Balaban J connectivity index is 2.22. The van der Waals surface area contributed by atoms with Crippen LogP contribution in [0.3, 0.4) is 0 Å². The lowest BCUT2D eigenvalue weighted by Crippen LogP contribution is -2.38. The molecule has 0 fully saturated rings. The molecule has 3 rings (SSSR count). The summed E-state index contributed by atoms with van der Waals surface area (Å²) in [5, 5.41) is -0.113. The molecule has 0 aliphatic heterocycles. The lowest BCUT2D eigenvalue weighted by molar-refractivity contribution is 0.468. The van der Waals surface area contributed by atoms with Gasteiger partial charge in [0.25, 0.3) is 11.1 Å². The summed E-state index contributed by atoms with van der Waals surface area (Å²) in [5.41, 5.74) is -0.603. The number of aromatic amines is 1. The quantitative estimate of drug-likeness (QED) is 0.726. The van der Waals surface area contributed by atoms with Crippen LogP contribution in [-0.4, -0.2) is 14.1 Å². The summed E-state index contributed by atoms with van der Waals surface area (Å²) in [6.45, 7) is 4.99. The van der Waals surface area contributed by atoms with Gasteiger partial charge in [0.1, 0.15) is 11.6 Å². The molecule has 0 amide bonds. The number of ether oxygens (including phenoxy) is 1. The molecule has 2 heterocycles. The van der Waals surface area contributed by atoms with Crippen LogP contribution in [0.15, 0.2) is 38.6 Å². The fraction of sp³-hybridized carbons (Fsp3) is 0.211. The molecular formula is C19H17ClFN3O4. The Hall–Kier alpha value is -3.13. The maximum Gasteiger partial charge on any atom is 0.335 e. The van der Waals surface area contributed by atoms with E-state index in [1.807, 2.05) is 0 Å². The van der Waals surface area contributed by atoms with Gasteiger partial charge in [0.05, 0.1) is 10.7 Å². The molecule has 0 saturated carbocycles. The number of nitrogens with one attached hydrogen (secondary N) is 1. The lowest BCUT2D eigenvalue weighted by atomic mass is 10.2. The molecule has 9 heteroatoms. The second-order valence-corrected chi connectivity index (χ2v) is 6.84. The number of hydrogen-bond donors (Lipinski definition) is 1. The molecule has 0 unspecified atom stereocenters. The van der Waals surface area contributed by atoms with Gasteiger partial charge >= 0.3 is 5.69 Å². The first-order valence-corrected chi connectivity index (χ1v) is 8.65. The summed E-state index contributed by atoms with van der Waals surface area (Å²) in [7, 11) is 1.47. The molecule has 0 atom stereocenters. The van der Waals surface area contributed by atoms with Crippen LogP contribution >= 0.6 is 11.6 Å². The summed E-state index contributed by atoms with van der Waals surface area (Å²) in [6.07, 6.45) is 0. The summed E-state index contributed by atoms with van der Waals surface area (Å²) in [6, 6.07) is 4.96. The largest absolute Gasteiger partial charge is 0.450 e. The minimum absolute atomic E-state index is 0.0192. The van der Waals surface area contributed by atoms with Crippen LogP contribution in [0.25, 0.3) is 5.69 Å². The van der Waals surface area contributed by atoms with Gasteiger partial charge in [-0.05, 0) is 38.5 Å².